The third-order valence-electron chi connectivity index (χ3n) is 3.02. The molecule has 0 spiro atoms. The van der Waals surface area contributed by atoms with E-state index in [1.165, 1.54) is 0 Å². The quantitative estimate of drug-likeness (QED) is 0.805. The maximum Gasteiger partial charge on any atom is 0.342 e. The highest BCUT2D eigenvalue weighted by Gasteiger charge is 2.25. The summed E-state index contributed by atoms with van der Waals surface area (Å²) in [6.45, 7) is 4.75. The van der Waals surface area contributed by atoms with Gasteiger partial charge < -0.3 is 9.47 Å². The topological polar surface area (TPSA) is 53.3 Å². The number of nitrogens with zero attached hydrogens (tertiary/aromatic N) is 2. The van der Waals surface area contributed by atoms with Crippen molar-refractivity contribution in [3.05, 3.63) is 15.9 Å². The highest BCUT2D eigenvalue weighted by atomic mass is 79.9. The Morgan fingerprint density at radius 2 is 2.39 bits per heavy atom. The zero-order chi connectivity index (χ0) is 13.1. The fourth-order valence-corrected chi connectivity index (χ4v) is 2.74. The van der Waals surface area contributed by atoms with Crippen LogP contribution in [0, 0.1) is 6.92 Å². The Morgan fingerprint density at radius 3 is 3.00 bits per heavy atom. The minimum atomic E-state index is -0.344. The van der Waals surface area contributed by atoms with E-state index in [9.17, 15) is 4.79 Å². The summed E-state index contributed by atoms with van der Waals surface area (Å²) in [4.78, 5) is 11.8. The van der Waals surface area contributed by atoms with Gasteiger partial charge in [-0.3, -0.25) is 0 Å². The summed E-state index contributed by atoms with van der Waals surface area (Å²) < 4.78 is 13.0. The van der Waals surface area contributed by atoms with Gasteiger partial charge in [-0.25, -0.2) is 9.48 Å². The van der Waals surface area contributed by atoms with Gasteiger partial charge >= 0.3 is 5.97 Å². The van der Waals surface area contributed by atoms with E-state index in [2.05, 4.69) is 21.0 Å². The van der Waals surface area contributed by atoms with E-state index in [0.29, 0.717) is 16.8 Å². The van der Waals surface area contributed by atoms with Gasteiger partial charge in [-0.2, -0.15) is 5.10 Å². The number of hydrogen-bond acceptors (Lipinski definition) is 4. The molecule has 0 bridgehead atoms. The zero-order valence-corrected chi connectivity index (χ0v) is 12.2. The number of esters is 1. The average Bonchev–Trinajstić information content (AvgIpc) is 2.66. The first-order valence-corrected chi connectivity index (χ1v) is 6.97. The normalized spacial score (nSPS) is 19.8. The van der Waals surface area contributed by atoms with Gasteiger partial charge in [0.1, 0.15) is 10.2 Å². The van der Waals surface area contributed by atoms with Crippen molar-refractivity contribution >= 4 is 21.9 Å². The predicted molar refractivity (Wildman–Crippen MR) is 69.5 cm³/mol. The second-order valence-corrected chi connectivity index (χ2v) is 4.99. The van der Waals surface area contributed by atoms with Crippen LogP contribution in [0.25, 0.3) is 0 Å². The van der Waals surface area contributed by atoms with E-state index in [1.807, 2.05) is 6.92 Å². The van der Waals surface area contributed by atoms with E-state index in [1.54, 1.807) is 11.6 Å². The Labute approximate surface area is 115 Å². The third kappa shape index (κ3) is 2.59. The van der Waals surface area contributed by atoms with Crippen molar-refractivity contribution in [1.82, 2.24) is 9.78 Å². The van der Waals surface area contributed by atoms with Crippen LogP contribution in [0.4, 0.5) is 0 Å². The molecule has 0 aliphatic carbocycles. The molecule has 1 unspecified atom stereocenters. The molecule has 0 N–H and O–H groups in total. The fourth-order valence-electron chi connectivity index (χ4n) is 2.12. The first-order valence-electron chi connectivity index (χ1n) is 6.18. The zero-order valence-electron chi connectivity index (χ0n) is 10.6. The first kappa shape index (κ1) is 13.5. The van der Waals surface area contributed by atoms with Gasteiger partial charge in [-0.1, -0.05) is 0 Å². The van der Waals surface area contributed by atoms with E-state index in [4.69, 9.17) is 9.47 Å². The SMILES string of the molecule is CCOC(=O)c1c(Br)nn(C2CCCCO2)c1C. The molecule has 18 heavy (non-hydrogen) atoms. The summed E-state index contributed by atoms with van der Waals surface area (Å²) in [6.07, 6.45) is 3.06. The minimum absolute atomic E-state index is 0.0711. The van der Waals surface area contributed by atoms with Crippen LogP contribution in [0.3, 0.4) is 0 Å². The number of ether oxygens (including phenoxy) is 2. The Balaban J connectivity index is 2.27. The molecule has 1 aliphatic rings. The number of carbonyl (C=O) groups excluding carboxylic acids is 1. The minimum Gasteiger partial charge on any atom is -0.462 e. The first-order chi connectivity index (χ1) is 8.65. The summed E-state index contributed by atoms with van der Waals surface area (Å²) >= 11 is 3.32. The summed E-state index contributed by atoms with van der Waals surface area (Å²) in [5.41, 5.74) is 1.28. The van der Waals surface area contributed by atoms with Crippen molar-refractivity contribution in [2.75, 3.05) is 13.2 Å². The van der Waals surface area contributed by atoms with E-state index >= 15 is 0 Å². The van der Waals surface area contributed by atoms with Crippen LogP contribution in [0.5, 0.6) is 0 Å². The number of carbonyl (C=O) groups is 1. The lowest BCUT2D eigenvalue weighted by Crippen LogP contribution is -2.20. The van der Waals surface area contributed by atoms with Gasteiger partial charge in [0.2, 0.25) is 0 Å². The largest absolute Gasteiger partial charge is 0.462 e. The molecule has 1 atom stereocenters. The number of rotatable bonds is 3. The van der Waals surface area contributed by atoms with Crippen molar-refractivity contribution < 1.29 is 14.3 Å². The molecule has 2 rings (SSSR count). The van der Waals surface area contributed by atoms with Crippen molar-refractivity contribution in [3.8, 4) is 0 Å². The average molecular weight is 317 g/mol. The summed E-state index contributed by atoms with van der Waals surface area (Å²) in [5, 5.41) is 4.34. The molecule has 6 heteroatoms. The standard InChI is InChI=1S/C12H17BrN2O3/c1-3-17-12(16)10-8(2)15(14-11(10)13)9-6-4-5-7-18-9/h9H,3-7H2,1-2H3. The van der Waals surface area contributed by atoms with Crippen molar-refractivity contribution in [3.63, 3.8) is 0 Å². The predicted octanol–water partition coefficient (Wildman–Crippen LogP) is 2.83. The summed E-state index contributed by atoms with van der Waals surface area (Å²) in [6, 6.07) is 0. The van der Waals surface area contributed by atoms with Gasteiger partial charge in [0, 0.05) is 6.61 Å². The van der Waals surface area contributed by atoms with Crippen LogP contribution in [0.1, 0.15) is 48.5 Å². The molecular formula is C12H17BrN2O3. The van der Waals surface area contributed by atoms with Crippen molar-refractivity contribution in [2.45, 2.75) is 39.3 Å². The van der Waals surface area contributed by atoms with Crippen LogP contribution >= 0.6 is 15.9 Å². The van der Waals surface area contributed by atoms with Crippen molar-refractivity contribution in [1.29, 1.82) is 0 Å². The smallest absolute Gasteiger partial charge is 0.342 e. The molecule has 0 aromatic carbocycles. The lowest BCUT2D eigenvalue weighted by atomic mass is 10.2. The van der Waals surface area contributed by atoms with E-state index in [-0.39, 0.29) is 12.2 Å². The van der Waals surface area contributed by atoms with Gasteiger partial charge in [0.15, 0.2) is 6.23 Å². The van der Waals surface area contributed by atoms with Crippen LogP contribution in [0.15, 0.2) is 4.60 Å². The molecule has 2 heterocycles. The molecule has 1 aromatic heterocycles. The van der Waals surface area contributed by atoms with Gasteiger partial charge in [-0.05, 0) is 49.0 Å². The lowest BCUT2D eigenvalue weighted by Gasteiger charge is -2.23. The third-order valence-corrected chi connectivity index (χ3v) is 3.57. The summed E-state index contributed by atoms with van der Waals surface area (Å²) in [5.74, 6) is -0.344. The number of halogens is 1. The Kier molecular flexibility index (Phi) is 4.40. The summed E-state index contributed by atoms with van der Waals surface area (Å²) in [7, 11) is 0. The van der Waals surface area contributed by atoms with Crippen LogP contribution < -0.4 is 0 Å². The van der Waals surface area contributed by atoms with Gasteiger partial charge in [0.25, 0.3) is 0 Å². The molecule has 1 aliphatic heterocycles. The second-order valence-electron chi connectivity index (χ2n) is 4.24. The fraction of sp³-hybridized carbons (Fsp3) is 0.667. The number of hydrogen-bond donors (Lipinski definition) is 0. The molecule has 0 radical (unpaired) electrons. The molecule has 1 saturated heterocycles. The maximum atomic E-state index is 11.8. The molecule has 0 amide bonds. The van der Waals surface area contributed by atoms with Crippen LogP contribution in [-0.2, 0) is 9.47 Å². The molecule has 5 nitrogen and oxygen atoms in total. The molecule has 100 valence electrons. The van der Waals surface area contributed by atoms with E-state index in [0.717, 1.165) is 31.6 Å². The molecular weight excluding hydrogens is 300 g/mol. The monoisotopic (exact) mass is 316 g/mol. The van der Waals surface area contributed by atoms with Crippen molar-refractivity contribution in [2.24, 2.45) is 0 Å². The molecule has 1 fully saturated rings. The highest BCUT2D eigenvalue weighted by Crippen LogP contribution is 2.28. The Morgan fingerprint density at radius 1 is 1.61 bits per heavy atom. The number of aromatic nitrogens is 2. The van der Waals surface area contributed by atoms with Crippen LogP contribution in [-0.4, -0.2) is 29.0 Å². The van der Waals surface area contributed by atoms with Gasteiger partial charge in [0.05, 0.1) is 12.3 Å². The Hall–Kier alpha value is -0.880. The lowest BCUT2D eigenvalue weighted by molar-refractivity contribution is -0.0408. The Bertz CT molecular complexity index is 439. The van der Waals surface area contributed by atoms with Crippen LogP contribution in [0.2, 0.25) is 0 Å². The maximum absolute atomic E-state index is 11.8. The second kappa shape index (κ2) is 5.84. The molecule has 0 saturated carbocycles. The van der Waals surface area contributed by atoms with E-state index < -0.39 is 0 Å². The van der Waals surface area contributed by atoms with Gasteiger partial charge in [-0.15, -0.1) is 0 Å². The highest BCUT2D eigenvalue weighted by molar-refractivity contribution is 9.10. The molecule has 1 aromatic rings.